The number of thioether (sulfide) groups is 2. The van der Waals surface area contributed by atoms with Gasteiger partial charge in [-0.1, -0.05) is 0 Å². The van der Waals surface area contributed by atoms with Crippen LogP contribution in [0.2, 0.25) is 15.8 Å². The van der Waals surface area contributed by atoms with Gasteiger partial charge in [0.25, 0.3) is 0 Å². The minimum atomic E-state index is -1.57. The van der Waals surface area contributed by atoms with Crippen molar-refractivity contribution in [3.05, 3.63) is 0 Å². The molecule has 0 aromatic heterocycles. The molecule has 0 amide bonds. The molecule has 1 aliphatic rings. The first-order chi connectivity index (χ1) is 6.64. The molecule has 0 unspecified atom stereocenters. The van der Waals surface area contributed by atoms with Crippen molar-refractivity contribution in [3.63, 3.8) is 0 Å². The molecule has 0 spiro atoms. The van der Waals surface area contributed by atoms with Crippen LogP contribution in [-0.4, -0.2) is 27.7 Å². The maximum atomic E-state index is 2.57. The Morgan fingerprint density at radius 2 is 1.43 bits per heavy atom. The third-order valence-corrected chi connectivity index (χ3v) is 25.7. The molecule has 14 heavy (non-hydrogen) atoms. The summed E-state index contributed by atoms with van der Waals surface area (Å²) < 4.78 is 0.663. The maximum absolute atomic E-state index is 2.57. The Hall–Kier alpha value is 1.24. The van der Waals surface area contributed by atoms with Crippen molar-refractivity contribution >= 4 is 36.8 Å². The fourth-order valence-electron chi connectivity index (χ4n) is 2.65. The van der Waals surface area contributed by atoms with Crippen molar-refractivity contribution in [1.82, 2.24) is 0 Å². The second-order valence-corrected chi connectivity index (χ2v) is 21.1. The average Bonchev–Trinajstić information content (AvgIpc) is 2.22. The van der Waals surface area contributed by atoms with Crippen molar-refractivity contribution in [3.8, 4) is 0 Å². The van der Waals surface area contributed by atoms with Crippen LogP contribution in [0.5, 0.6) is 0 Å². The zero-order valence-electron chi connectivity index (χ0n) is 10.1. The molecule has 0 nitrogen and oxygen atoms in total. The van der Waals surface area contributed by atoms with Gasteiger partial charge in [0.1, 0.15) is 0 Å². The standard InChI is InChI=1S/C11H24GeS2/c1-5-12(6-2,7-3)11(4)13-9-8-10-14-11/h5-10H2,1-4H3. The van der Waals surface area contributed by atoms with Crippen LogP contribution in [0.3, 0.4) is 0 Å². The van der Waals surface area contributed by atoms with Crippen molar-refractivity contribution in [2.45, 2.75) is 52.8 Å². The summed E-state index contributed by atoms with van der Waals surface area (Å²) in [5.41, 5.74) is 0. The fourth-order valence-corrected chi connectivity index (χ4v) is 22.5. The van der Waals surface area contributed by atoms with Crippen LogP contribution < -0.4 is 0 Å². The number of hydrogen-bond donors (Lipinski definition) is 0. The van der Waals surface area contributed by atoms with E-state index < -0.39 is 13.3 Å². The molecule has 0 aliphatic carbocycles. The van der Waals surface area contributed by atoms with E-state index in [0.717, 1.165) is 0 Å². The van der Waals surface area contributed by atoms with Gasteiger partial charge in [0.2, 0.25) is 0 Å². The van der Waals surface area contributed by atoms with E-state index in [-0.39, 0.29) is 0 Å². The normalized spacial score (nSPS) is 22.3. The second-order valence-electron chi connectivity index (χ2n) is 4.34. The zero-order chi connectivity index (χ0) is 10.7. The summed E-state index contributed by atoms with van der Waals surface area (Å²) in [4.78, 5) is 0. The molecular weight excluding hydrogens is 269 g/mol. The average molecular weight is 293 g/mol. The summed E-state index contributed by atoms with van der Waals surface area (Å²) in [6.45, 7) is 9.92. The molecule has 0 aromatic carbocycles. The van der Waals surface area contributed by atoms with E-state index in [1.807, 2.05) is 0 Å². The van der Waals surface area contributed by atoms with Gasteiger partial charge in [-0.25, -0.2) is 0 Å². The van der Waals surface area contributed by atoms with Crippen molar-refractivity contribution in [1.29, 1.82) is 0 Å². The molecule has 1 fully saturated rings. The second kappa shape index (κ2) is 5.54. The van der Waals surface area contributed by atoms with E-state index in [4.69, 9.17) is 0 Å². The van der Waals surface area contributed by atoms with Gasteiger partial charge in [0.05, 0.1) is 0 Å². The van der Waals surface area contributed by atoms with Crippen LogP contribution in [0.15, 0.2) is 0 Å². The van der Waals surface area contributed by atoms with Gasteiger partial charge in [0.15, 0.2) is 0 Å². The van der Waals surface area contributed by atoms with Gasteiger partial charge in [-0.2, -0.15) is 0 Å². The Bertz CT molecular complexity index is 164. The van der Waals surface area contributed by atoms with Crippen LogP contribution >= 0.6 is 23.5 Å². The molecule has 0 aromatic rings. The predicted octanol–water partition coefficient (Wildman–Crippen LogP) is 4.62. The molecule has 0 atom stereocenters. The molecule has 0 bridgehead atoms. The van der Waals surface area contributed by atoms with Gasteiger partial charge >= 0.3 is 101 Å². The van der Waals surface area contributed by atoms with Crippen molar-refractivity contribution in [2.75, 3.05) is 11.5 Å². The summed E-state index contributed by atoms with van der Waals surface area (Å²) >= 11 is 3.02. The Morgan fingerprint density at radius 1 is 1.00 bits per heavy atom. The van der Waals surface area contributed by atoms with Crippen LogP contribution in [0.1, 0.15) is 34.1 Å². The van der Waals surface area contributed by atoms with Crippen molar-refractivity contribution in [2.24, 2.45) is 0 Å². The van der Waals surface area contributed by atoms with Gasteiger partial charge in [-0.3, -0.25) is 0 Å². The molecule has 1 aliphatic heterocycles. The predicted molar refractivity (Wildman–Crippen MR) is 75.1 cm³/mol. The third kappa shape index (κ3) is 2.32. The Kier molecular flexibility index (Phi) is 5.26. The van der Waals surface area contributed by atoms with Gasteiger partial charge < -0.3 is 0 Å². The first-order valence-corrected chi connectivity index (χ1v) is 13.4. The summed E-state index contributed by atoms with van der Waals surface area (Å²) in [5.74, 6) is 2.83. The first-order valence-electron chi connectivity index (χ1n) is 5.92. The molecule has 0 radical (unpaired) electrons. The van der Waals surface area contributed by atoms with Crippen LogP contribution in [0.4, 0.5) is 0 Å². The van der Waals surface area contributed by atoms with Crippen LogP contribution in [0, 0.1) is 0 Å². The fraction of sp³-hybridized carbons (Fsp3) is 1.00. The van der Waals surface area contributed by atoms with Crippen LogP contribution in [-0.2, 0) is 0 Å². The molecule has 3 heteroatoms. The van der Waals surface area contributed by atoms with Crippen molar-refractivity contribution < 1.29 is 0 Å². The number of hydrogen-bond acceptors (Lipinski definition) is 2. The minimum absolute atomic E-state index is 0.663. The first kappa shape index (κ1) is 13.3. The summed E-state index contributed by atoms with van der Waals surface area (Å²) in [6, 6.07) is 0. The van der Waals surface area contributed by atoms with E-state index >= 15 is 0 Å². The quantitative estimate of drug-likeness (QED) is 0.694. The molecule has 0 saturated carbocycles. The van der Waals surface area contributed by atoms with Crippen LogP contribution in [0.25, 0.3) is 0 Å². The summed E-state index contributed by atoms with van der Waals surface area (Å²) in [5, 5.41) is 4.55. The van der Waals surface area contributed by atoms with E-state index in [2.05, 4.69) is 51.2 Å². The topological polar surface area (TPSA) is 0 Å². The van der Waals surface area contributed by atoms with E-state index in [0.29, 0.717) is 2.91 Å². The van der Waals surface area contributed by atoms with E-state index in [1.54, 1.807) is 0 Å². The molecule has 0 N–H and O–H groups in total. The van der Waals surface area contributed by atoms with E-state index in [1.165, 1.54) is 33.7 Å². The monoisotopic (exact) mass is 294 g/mol. The number of rotatable bonds is 4. The third-order valence-electron chi connectivity index (χ3n) is 4.04. The molecule has 1 heterocycles. The van der Waals surface area contributed by atoms with E-state index in [9.17, 15) is 0 Å². The molecule has 84 valence electrons. The Morgan fingerprint density at radius 3 is 1.79 bits per heavy atom. The summed E-state index contributed by atoms with van der Waals surface area (Å²) in [7, 11) is 0. The molecule has 1 saturated heterocycles. The Balaban J connectivity index is 2.83. The SMILES string of the molecule is C[CH2][Ge]([CH2]C)([CH2]C)[C]1(C)SCCCS1. The molecule has 1 rings (SSSR count). The Labute approximate surface area is 101 Å². The van der Waals surface area contributed by atoms with Gasteiger partial charge in [-0.15, -0.1) is 0 Å². The molecular formula is C11H24GeS2. The van der Waals surface area contributed by atoms with Gasteiger partial charge in [-0.05, 0) is 0 Å². The van der Waals surface area contributed by atoms with Gasteiger partial charge in [0, 0.05) is 0 Å². The zero-order valence-corrected chi connectivity index (χ0v) is 13.8. The summed E-state index contributed by atoms with van der Waals surface area (Å²) in [6.07, 6.45) is 1.43.